The van der Waals surface area contributed by atoms with Gasteiger partial charge in [0.05, 0.1) is 23.0 Å². The monoisotopic (exact) mass is 602 g/mol. The van der Waals surface area contributed by atoms with E-state index in [1.54, 1.807) is 0 Å². The molecule has 226 valence electrons. The molecule has 4 fully saturated rings. The van der Waals surface area contributed by atoms with Gasteiger partial charge in [-0.15, -0.1) is 0 Å². The molecule has 4 atom stereocenters. The van der Waals surface area contributed by atoms with E-state index in [0.717, 1.165) is 32.2 Å². The van der Waals surface area contributed by atoms with Crippen molar-refractivity contribution in [1.82, 2.24) is 24.8 Å². The number of carbonyl (C=O) groups is 1. The van der Waals surface area contributed by atoms with Crippen LogP contribution in [0.1, 0.15) is 71.9 Å². The van der Waals surface area contributed by atoms with E-state index in [1.807, 2.05) is 37.5 Å². The average molecular weight is 603 g/mol. The fourth-order valence-corrected chi connectivity index (χ4v) is 7.17. The fraction of sp³-hybridized carbons (Fsp3) is 0.667. The molecular formula is C30H37ClF2N6O3. The first-order valence-corrected chi connectivity index (χ1v) is 15.2. The average Bonchev–Trinajstić information content (AvgIpc) is 3.54. The molecule has 4 aliphatic rings. The molecule has 12 heteroatoms. The summed E-state index contributed by atoms with van der Waals surface area (Å²) in [5, 5.41) is 0.0330. The number of halogens is 3. The number of piperazine rings is 1. The van der Waals surface area contributed by atoms with Crippen LogP contribution in [0.4, 0.5) is 19.4 Å². The van der Waals surface area contributed by atoms with Crippen molar-refractivity contribution >= 4 is 34.4 Å². The maximum atomic E-state index is 15.6. The lowest BCUT2D eigenvalue weighted by molar-refractivity contribution is 0.0122. The molecule has 6 heterocycles. The largest absolute Gasteiger partial charge is 0.461 e. The number of anilines is 1. The zero-order valence-electron chi connectivity index (χ0n) is 24.6. The Morgan fingerprint density at radius 1 is 1.17 bits per heavy atom. The normalized spacial score (nSPS) is 27.3. The van der Waals surface area contributed by atoms with Crippen LogP contribution in [0, 0.1) is 17.7 Å². The second-order valence-corrected chi connectivity index (χ2v) is 13.2. The zero-order chi connectivity index (χ0) is 29.8. The minimum Gasteiger partial charge on any atom is -0.461 e. The Hall–Kier alpha value is -2.97. The van der Waals surface area contributed by atoms with E-state index in [-0.39, 0.29) is 41.5 Å². The van der Waals surface area contributed by atoms with E-state index in [0.29, 0.717) is 49.4 Å². The fourth-order valence-electron chi connectivity index (χ4n) is 7.00. The van der Waals surface area contributed by atoms with E-state index in [4.69, 9.17) is 26.1 Å². The van der Waals surface area contributed by atoms with E-state index >= 15 is 4.39 Å². The first-order valence-electron chi connectivity index (χ1n) is 14.8. The summed E-state index contributed by atoms with van der Waals surface area (Å²) in [6, 6.07) is -0.207. The number of alkyl halides is 1. The maximum Gasteiger partial charge on any atom is 0.410 e. The van der Waals surface area contributed by atoms with E-state index < -0.39 is 23.1 Å². The van der Waals surface area contributed by atoms with Crippen molar-refractivity contribution in [2.45, 2.75) is 95.6 Å². The summed E-state index contributed by atoms with van der Waals surface area (Å²) >= 11 is 6.22. The van der Waals surface area contributed by atoms with Gasteiger partial charge in [0.25, 0.3) is 0 Å². The van der Waals surface area contributed by atoms with Gasteiger partial charge in [-0.05, 0) is 58.9 Å². The van der Waals surface area contributed by atoms with Gasteiger partial charge in [-0.1, -0.05) is 24.4 Å². The van der Waals surface area contributed by atoms with Gasteiger partial charge in [0.2, 0.25) is 0 Å². The van der Waals surface area contributed by atoms with Gasteiger partial charge in [-0.2, -0.15) is 9.97 Å². The topological polar surface area (TPSA) is 83.9 Å². The lowest BCUT2D eigenvalue weighted by Crippen LogP contribution is -2.57. The predicted octanol–water partition coefficient (Wildman–Crippen LogP) is 5.12. The van der Waals surface area contributed by atoms with Crippen molar-refractivity contribution < 1.29 is 23.0 Å². The molecule has 1 amide bonds. The van der Waals surface area contributed by atoms with Crippen LogP contribution < -0.4 is 9.64 Å². The lowest BCUT2D eigenvalue weighted by atomic mass is 9.95. The number of aromatic nitrogens is 3. The summed E-state index contributed by atoms with van der Waals surface area (Å²) in [6.07, 6.45) is 3.16. The van der Waals surface area contributed by atoms with Crippen LogP contribution in [0.2, 0.25) is 5.15 Å². The molecule has 0 spiro atoms. The number of carbonyl (C=O) groups excluding carboxylic acids is 1. The van der Waals surface area contributed by atoms with Gasteiger partial charge in [0, 0.05) is 32.5 Å². The Bertz CT molecular complexity index is 1440. The van der Waals surface area contributed by atoms with Crippen LogP contribution >= 0.6 is 11.6 Å². The molecule has 2 bridgehead atoms. The molecule has 4 saturated heterocycles. The van der Waals surface area contributed by atoms with Gasteiger partial charge in [-0.25, -0.2) is 18.6 Å². The highest BCUT2D eigenvalue weighted by Gasteiger charge is 2.50. The molecule has 9 nitrogen and oxygen atoms in total. The first kappa shape index (κ1) is 29.1. The lowest BCUT2D eigenvalue weighted by Gasteiger charge is -2.42. The number of amides is 1. The molecule has 6 rings (SSSR count). The van der Waals surface area contributed by atoms with Crippen LogP contribution in [0.3, 0.4) is 0 Å². The Labute approximate surface area is 249 Å². The number of ether oxygens (including phenoxy) is 2. The number of fused-ring (bicyclic) bond motifs is 4. The second-order valence-electron chi connectivity index (χ2n) is 12.8. The summed E-state index contributed by atoms with van der Waals surface area (Å²) in [7, 11) is 0. The molecule has 0 radical (unpaired) electrons. The van der Waals surface area contributed by atoms with Gasteiger partial charge in [0.15, 0.2) is 11.0 Å². The predicted molar refractivity (Wildman–Crippen MR) is 155 cm³/mol. The molecular weight excluding hydrogens is 566 g/mol. The summed E-state index contributed by atoms with van der Waals surface area (Å²) in [4.78, 5) is 32.6. The van der Waals surface area contributed by atoms with Crippen LogP contribution in [0.5, 0.6) is 6.01 Å². The molecule has 2 aromatic heterocycles. The Kier molecular flexibility index (Phi) is 7.59. The Balaban J connectivity index is 1.38. The molecule has 0 aromatic carbocycles. The third kappa shape index (κ3) is 5.32. The minimum absolute atomic E-state index is 0.00137. The molecule has 4 aliphatic heterocycles. The highest BCUT2D eigenvalue weighted by Crippen LogP contribution is 2.41. The zero-order valence-corrected chi connectivity index (χ0v) is 25.3. The minimum atomic E-state index is -0.902. The van der Waals surface area contributed by atoms with E-state index in [1.165, 1.54) is 0 Å². The number of hydrogen-bond donors (Lipinski definition) is 0. The summed E-state index contributed by atoms with van der Waals surface area (Å²) in [5.41, 5.74) is -0.748. The Morgan fingerprint density at radius 2 is 1.90 bits per heavy atom. The van der Waals surface area contributed by atoms with Crippen molar-refractivity contribution in [2.24, 2.45) is 0 Å². The van der Waals surface area contributed by atoms with Gasteiger partial charge in [-0.3, -0.25) is 9.80 Å². The summed E-state index contributed by atoms with van der Waals surface area (Å²) < 4.78 is 41.8. The van der Waals surface area contributed by atoms with E-state index in [2.05, 4.69) is 26.7 Å². The van der Waals surface area contributed by atoms with Gasteiger partial charge >= 0.3 is 12.1 Å². The van der Waals surface area contributed by atoms with Crippen molar-refractivity contribution in [3.05, 3.63) is 16.7 Å². The highest BCUT2D eigenvalue weighted by atomic mass is 35.5. The molecule has 2 aromatic rings. The Morgan fingerprint density at radius 3 is 2.60 bits per heavy atom. The molecule has 0 aliphatic carbocycles. The number of hydrogen-bond acceptors (Lipinski definition) is 8. The van der Waals surface area contributed by atoms with Crippen molar-refractivity contribution in [2.75, 3.05) is 37.7 Å². The molecule has 0 N–H and O–H groups in total. The SMILES string of the molecule is CCC#Cc1nc(Cl)c(F)c2nc(OC[C@@]34CCCN3C[C@H](F)C4)nc(N3CC4CCC(C3)N4C(=O)OC(C)(C)C)c12. The highest BCUT2D eigenvalue weighted by molar-refractivity contribution is 6.30. The number of rotatable bonds is 4. The first-order chi connectivity index (χ1) is 20.0. The molecule has 2 unspecified atom stereocenters. The third-order valence-corrected chi connectivity index (χ3v) is 8.96. The third-order valence-electron chi connectivity index (χ3n) is 8.71. The molecule has 0 saturated carbocycles. The summed E-state index contributed by atoms with van der Waals surface area (Å²) in [5.74, 6) is 5.68. The van der Waals surface area contributed by atoms with Gasteiger partial charge in [0.1, 0.15) is 35.4 Å². The maximum absolute atomic E-state index is 15.6. The number of pyridine rings is 1. The quantitative estimate of drug-likeness (QED) is 0.352. The van der Waals surface area contributed by atoms with Gasteiger partial charge < -0.3 is 14.4 Å². The van der Waals surface area contributed by atoms with E-state index in [9.17, 15) is 9.18 Å². The van der Waals surface area contributed by atoms with Crippen molar-refractivity contribution in [1.29, 1.82) is 0 Å². The number of nitrogens with zero attached hydrogens (tertiary/aromatic N) is 6. The van der Waals surface area contributed by atoms with Crippen LogP contribution in [-0.2, 0) is 4.74 Å². The summed E-state index contributed by atoms with van der Waals surface area (Å²) in [6.45, 7) is 9.83. The second kappa shape index (κ2) is 10.9. The van der Waals surface area contributed by atoms with Crippen molar-refractivity contribution in [3.8, 4) is 17.9 Å². The standard InChI is InChI=1S/C30H37ClF2N6O3/c1-5-6-8-21-22-24(23(33)25(31)34-21)35-27(41-17-30-11-7-12-38(30)14-18(32)13-30)36-26(22)37-15-19-9-10-20(16-37)39(19)28(40)42-29(2,3)4/h18-20H,5,7,9-17H2,1-4H3/t18-,19?,20?,30+/m1/s1. The van der Waals surface area contributed by atoms with Crippen molar-refractivity contribution in [3.63, 3.8) is 0 Å². The van der Waals surface area contributed by atoms with Crippen LogP contribution in [0.25, 0.3) is 10.9 Å². The molecule has 42 heavy (non-hydrogen) atoms. The van der Waals surface area contributed by atoms with Crippen LogP contribution in [-0.4, -0.2) is 93.0 Å². The smallest absolute Gasteiger partial charge is 0.410 e. The van der Waals surface area contributed by atoms with Crippen LogP contribution in [0.15, 0.2) is 0 Å².